The van der Waals surface area contributed by atoms with E-state index in [2.05, 4.69) is 107 Å². The minimum absolute atomic E-state index is 0.0180. The quantitative estimate of drug-likeness (QED) is 0.520. The highest BCUT2D eigenvalue weighted by Crippen LogP contribution is 2.36. The lowest BCUT2D eigenvalue weighted by atomic mass is 9.92. The molecule has 0 aromatic heterocycles. The van der Waals surface area contributed by atoms with Crippen LogP contribution in [0.3, 0.4) is 0 Å². The third kappa shape index (κ3) is 5.31. The third-order valence-electron chi connectivity index (χ3n) is 5.01. The van der Waals surface area contributed by atoms with Gasteiger partial charge in [-0.1, -0.05) is 120 Å². The molecule has 0 fully saturated rings. The molecule has 2 rings (SSSR count). The molecule has 0 saturated heterocycles. The zero-order valence-corrected chi connectivity index (χ0v) is 18.9. The summed E-state index contributed by atoms with van der Waals surface area (Å²) in [5.41, 5.74) is -0.114. The summed E-state index contributed by atoms with van der Waals surface area (Å²) in [7, 11) is -2.48. The summed E-state index contributed by atoms with van der Waals surface area (Å²) >= 11 is 0. The first-order valence-corrected chi connectivity index (χ1v) is 11.8. The minimum Gasteiger partial charge on any atom is -0.404 e. The second kappa shape index (κ2) is 9.51. The Balaban J connectivity index is 2.41. The standard InChI is InChI=1S/C25H34O2Si/c1-24(2,3)28(22-14-8-6-9-15-22,23-16-10-7-11-17-23)27-21-13-19-25(4,5)18-12-20-26/h6-19,26H,20-21H2,1-5H3/b18-12+,19-13+. The third-order valence-corrected chi connectivity index (χ3v) is 10.0. The van der Waals surface area contributed by atoms with Crippen LogP contribution in [0.4, 0.5) is 0 Å². The van der Waals surface area contributed by atoms with Gasteiger partial charge < -0.3 is 9.53 Å². The fourth-order valence-corrected chi connectivity index (χ4v) is 8.20. The first kappa shape index (κ1) is 22.3. The highest BCUT2D eigenvalue weighted by molar-refractivity contribution is 6.99. The van der Waals surface area contributed by atoms with Crippen molar-refractivity contribution in [2.75, 3.05) is 13.2 Å². The van der Waals surface area contributed by atoms with Gasteiger partial charge in [0.2, 0.25) is 0 Å². The maximum atomic E-state index is 9.02. The van der Waals surface area contributed by atoms with Gasteiger partial charge in [-0.3, -0.25) is 0 Å². The minimum atomic E-state index is -2.48. The number of hydrogen-bond acceptors (Lipinski definition) is 2. The second-order valence-electron chi connectivity index (χ2n) is 8.78. The fraction of sp³-hybridized carbons (Fsp3) is 0.360. The van der Waals surface area contributed by atoms with Crippen LogP contribution in [0.15, 0.2) is 85.0 Å². The molecule has 2 nitrogen and oxygen atoms in total. The molecule has 2 aromatic carbocycles. The zero-order valence-electron chi connectivity index (χ0n) is 17.9. The molecule has 0 unspecified atom stereocenters. The molecule has 0 heterocycles. The molecule has 0 radical (unpaired) electrons. The monoisotopic (exact) mass is 394 g/mol. The molecule has 0 aliphatic carbocycles. The topological polar surface area (TPSA) is 29.5 Å². The van der Waals surface area contributed by atoms with Crippen LogP contribution < -0.4 is 10.4 Å². The first-order chi connectivity index (χ1) is 13.2. The Bertz CT molecular complexity index is 732. The van der Waals surface area contributed by atoms with Crippen molar-refractivity contribution in [1.29, 1.82) is 0 Å². The Labute approximate surface area is 171 Å². The lowest BCUT2D eigenvalue weighted by molar-refractivity contribution is 0.337. The van der Waals surface area contributed by atoms with Crippen molar-refractivity contribution in [3.63, 3.8) is 0 Å². The molecule has 0 bridgehead atoms. The summed E-state index contributed by atoms with van der Waals surface area (Å²) < 4.78 is 6.84. The predicted octanol–water partition coefficient (Wildman–Crippen LogP) is 4.69. The summed E-state index contributed by atoms with van der Waals surface area (Å²) in [6.45, 7) is 11.7. The summed E-state index contributed by atoms with van der Waals surface area (Å²) in [6, 6.07) is 21.4. The van der Waals surface area contributed by atoms with E-state index in [1.807, 2.05) is 6.08 Å². The number of aliphatic hydroxyl groups is 1. The number of allylic oxidation sites excluding steroid dienone is 2. The summed E-state index contributed by atoms with van der Waals surface area (Å²) in [4.78, 5) is 0. The SMILES string of the molecule is CC(C)(/C=C/CO)/C=C/CO[Si](c1ccccc1)(c1ccccc1)C(C)(C)C. The lowest BCUT2D eigenvalue weighted by Crippen LogP contribution is -2.66. The van der Waals surface area contributed by atoms with Crippen molar-refractivity contribution in [2.45, 2.75) is 39.7 Å². The van der Waals surface area contributed by atoms with Gasteiger partial charge in [-0.2, -0.15) is 0 Å². The Morgan fingerprint density at radius 1 is 0.786 bits per heavy atom. The van der Waals surface area contributed by atoms with Crippen molar-refractivity contribution in [1.82, 2.24) is 0 Å². The molecule has 0 spiro atoms. The smallest absolute Gasteiger partial charge is 0.261 e. The Morgan fingerprint density at radius 3 is 1.68 bits per heavy atom. The van der Waals surface area contributed by atoms with Crippen molar-refractivity contribution in [2.24, 2.45) is 5.41 Å². The molecule has 28 heavy (non-hydrogen) atoms. The molecule has 0 aliphatic rings. The average molecular weight is 395 g/mol. The summed E-state index contributed by atoms with van der Waals surface area (Å²) in [5, 5.41) is 11.6. The van der Waals surface area contributed by atoms with Crippen molar-refractivity contribution in [3.8, 4) is 0 Å². The van der Waals surface area contributed by atoms with E-state index >= 15 is 0 Å². The second-order valence-corrected chi connectivity index (χ2v) is 13.1. The molecule has 0 aliphatic heterocycles. The van der Waals surface area contributed by atoms with Gasteiger partial charge in [0.15, 0.2) is 0 Å². The van der Waals surface area contributed by atoms with E-state index in [-0.39, 0.29) is 17.1 Å². The van der Waals surface area contributed by atoms with Crippen LogP contribution in [-0.4, -0.2) is 26.6 Å². The lowest BCUT2D eigenvalue weighted by Gasteiger charge is -2.42. The van der Waals surface area contributed by atoms with Crippen LogP contribution in [0, 0.1) is 5.41 Å². The van der Waals surface area contributed by atoms with Gasteiger partial charge >= 0.3 is 0 Å². The van der Waals surface area contributed by atoms with Crippen molar-refractivity contribution in [3.05, 3.63) is 85.0 Å². The fourth-order valence-electron chi connectivity index (χ4n) is 3.70. The van der Waals surface area contributed by atoms with Gasteiger partial charge in [0, 0.05) is 5.41 Å². The molecule has 150 valence electrons. The number of rotatable bonds is 8. The average Bonchev–Trinajstić information content (AvgIpc) is 2.67. The molecular formula is C25H34O2Si. The maximum Gasteiger partial charge on any atom is 0.261 e. The number of aliphatic hydroxyl groups excluding tert-OH is 1. The van der Waals surface area contributed by atoms with E-state index in [0.29, 0.717) is 6.61 Å². The summed E-state index contributed by atoms with van der Waals surface area (Å²) in [6.07, 6.45) is 8.07. The molecule has 1 N–H and O–H groups in total. The van der Waals surface area contributed by atoms with E-state index in [9.17, 15) is 0 Å². The van der Waals surface area contributed by atoms with E-state index in [1.54, 1.807) is 6.08 Å². The molecule has 0 amide bonds. The van der Waals surface area contributed by atoms with E-state index in [1.165, 1.54) is 10.4 Å². The Morgan fingerprint density at radius 2 is 1.25 bits per heavy atom. The van der Waals surface area contributed by atoms with Crippen LogP contribution in [0.1, 0.15) is 34.6 Å². The largest absolute Gasteiger partial charge is 0.404 e. The van der Waals surface area contributed by atoms with Gasteiger partial charge in [0.1, 0.15) is 0 Å². The van der Waals surface area contributed by atoms with E-state index in [0.717, 1.165) is 0 Å². The Kier molecular flexibility index (Phi) is 7.59. The van der Waals surface area contributed by atoms with Gasteiger partial charge in [-0.15, -0.1) is 0 Å². The van der Waals surface area contributed by atoms with Gasteiger partial charge in [-0.25, -0.2) is 0 Å². The Hall–Kier alpha value is -1.94. The van der Waals surface area contributed by atoms with Gasteiger partial charge in [0.05, 0.1) is 13.2 Å². The van der Waals surface area contributed by atoms with Crippen LogP contribution in [-0.2, 0) is 4.43 Å². The van der Waals surface area contributed by atoms with Crippen LogP contribution in [0.5, 0.6) is 0 Å². The molecule has 3 heteroatoms. The van der Waals surface area contributed by atoms with Gasteiger partial charge in [-0.05, 0) is 15.4 Å². The number of benzene rings is 2. The van der Waals surface area contributed by atoms with Crippen molar-refractivity contribution >= 4 is 18.7 Å². The van der Waals surface area contributed by atoms with Crippen molar-refractivity contribution < 1.29 is 9.53 Å². The van der Waals surface area contributed by atoms with E-state index in [4.69, 9.17) is 9.53 Å². The normalized spacial score (nSPS) is 13.5. The molecule has 0 saturated carbocycles. The predicted molar refractivity (Wildman–Crippen MR) is 123 cm³/mol. The molecule has 2 aromatic rings. The highest BCUT2D eigenvalue weighted by atomic mass is 28.4. The van der Waals surface area contributed by atoms with Crippen LogP contribution >= 0.6 is 0 Å². The molecular weight excluding hydrogens is 360 g/mol. The molecule has 0 atom stereocenters. The van der Waals surface area contributed by atoms with Crippen LogP contribution in [0.2, 0.25) is 5.04 Å². The van der Waals surface area contributed by atoms with E-state index < -0.39 is 8.32 Å². The summed E-state index contributed by atoms with van der Waals surface area (Å²) in [5.74, 6) is 0. The first-order valence-electron chi connectivity index (χ1n) is 9.94. The highest BCUT2D eigenvalue weighted by Gasteiger charge is 2.49. The van der Waals surface area contributed by atoms with Gasteiger partial charge in [0.25, 0.3) is 8.32 Å². The number of hydrogen-bond donors (Lipinski definition) is 1. The zero-order chi connectivity index (χ0) is 20.7. The van der Waals surface area contributed by atoms with Crippen LogP contribution in [0.25, 0.3) is 0 Å². The maximum absolute atomic E-state index is 9.02.